The summed E-state index contributed by atoms with van der Waals surface area (Å²) in [5.41, 5.74) is 5.45. The number of hydrogen-bond donors (Lipinski definition) is 2. The Balaban J connectivity index is 1.85. The van der Waals surface area contributed by atoms with Crippen LogP contribution in [0.2, 0.25) is 0 Å². The van der Waals surface area contributed by atoms with Gasteiger partial charge in [0.1, 0.15) is 0 Å². The molecule has 2 saturated carbocycles. The molecule has 3 nitrogen and oxygen atoms in total. The van der Waals surface area contributed by atoms with Crippen molar-refractivity contribution in [3.8, 4) is 0 Å². The van der Waals surface area contributed by atoms with Gasteiger partial charge in [-0.15, -0.1) is 0 Å². The molecule has 4 atom stereocenters. The molecule has 2 aliphatic carbocycles. The number of carbonyl (C=O) groups is 1. The monoisotopic (exact) mass is 224 g/mol. The van der Waals surface area contributed by atoms with Gasteiger partial charge in [0.05, 0.1) is 0 Å². The van der Waals surface area contributed by atoms with E-state index in [2.05, 4.69) is 5.32 Å². The number of carbonyl (C=O) groups excluding carboxylic acids is 1. The Morgan fingerprint density at radius 1 is 1.31 bits per heavy atom. The summed E-state index contributed by atoms with van der Waals surface area (Å²) in [5, 5.41) is 3.19. The second-order valence-corrected chi connectivity index (χ2v) is 6.56. The van der Waals surface area contributed by atoms with Crippen LogP contribution >= 0.6 is 0 Å². The maximum absolute atomic E-state index is 11.9. The van der Waals surface area contributed by atoms with Crippen molar-refractivity contribution in [1.29, 1.82) is 0 Å². The van der Waals surface area contributed by atoms with Crippen molar-refractivity contribution in [1.82, 2.24) is 5.32 Å². The molecule has 0 heterocycles. The second-order valence-electron chi connectivity index (χ2n) is 6.56. The molecule has 0 saturated heterocycles. The predicted octanol–water partition coefficient (Wildman–Crippen LogP) is 1.52. The summed E-state index contributed by atoms with van der Waals surface area (Å²) in [6, 6.07) is 0.424. The van der Waals surface area contributed by atoms with Gasteiger partial charge in [-0.25, -0.2) is 0 Å². The fourth-order valence-corrected chi connectivity index (χ4v) is 3.09. The van der Waals surface area contributed by atoms with Crippen molar-refractivity contribution in [3.63, 3.8) is 0 Å². The molecular weight excluding hydrogens is 200 g/mol. The van der Waals surface area contributed by atoms with E-state index in [4.69, 9.17) is 5.73 Å². The van der Waals surface area contributed by atoms with E-state index in [0.29, 0.717) is 17.9 Å². The zero-order valence-corrected chi connectivity index (χ0v) is 10.6. The van der Waals surface area contributed by atoms with E-state index in [-0.39, 0.29) is 11.3 Å². The molecular formula is C13H24N2O. The van der Waals surface area contributed by atoms with Crippen LogP contribution in [-0.4, -0.2) is 18.5 Å². The highest BCUT2D eigenvalue weighted by atomic mass is 16.2. The molecule has 16 heavy (non-hydrogen) atoms. The Bertz CT molecular complexity index is 282. The zero-order valence-electron chi connectivity index (χ0n) is 10.6. The number of rotatable bonds is 2. The van der Waals surface area contributed by atoms with Gasteiger partial charge in [0.25, 0.3) is 0 Å². The van der Waals surface area contributed by atoms with Gasteiger partial charge in [0, 0.05) is 11.5 Å². The molecule has 0 aliphatic heterocycles. The third kappa shape index (κ3) is 2.10. The highest BCUT2D eigenvalue weighted by molar-refractivity contribution is 5.81. The zero-order chi connectivity index (χ0) is 11.9. The normalized spacial score (nSPS) is 37.8. The van der Waals surface area contributed by atoms with Crippen LogP contribution in [0.3, 0.4) is 0 Å². The molecule has 0 aromatic heterocycles. The molecule has 4 unspecified atom stereocenters. The van der Waals surface area contributed by atoms with E-state index in [1.807, 2.05) is 20.8 Å². The third-order valence-electron chi connectivity index (χ3n) is 4.25. The average Bonchev–Trinajstić information content (AvgIpc) is 2.50. The first-order valence-corrected chi connectivity index (χ1v) is 6.43. The molecule has 0 radical (unpaired) electrons. The fraction of sp³-hybridized carbons (Fsp3) is 0.923. The highest BCUT2D eigenvalue weighted by Crippen LogP contribution is 2.49. The number of nitrogens with two attached hydrogens (primary N) is 1. The third-order valence-corrected chi connectivity index (χ3v) is 4.25. The number of fused-ring (bicyclic) bond motifs is 1. The summed E-state index contributed by atoms with van der Waals surface area (Å²) in [6.45, 7) is 6.72. The molecule has 0 aromatic rings. The maximum atomic E-state index is 11.9. The Morgan fingerprint density at radius 3 is 2.56 bits per heavy atom. The molecule has 3 heteroatoms. The van der Waals surface area contributed by atoms with Gasteiger partial charge in [-0.05, 0) is 43.6 Å². The lowest BCUT2D eigenvalue weighted by atomic mass is 9.71. The van der Waals surface area contributed by atoms with Crippen molar-refractivity contribution in [2.24, 2.45) is 28.9 Å². The Morgan fingerprint density at radius 2 is 2.00 bits per heavy atom. The van der Waals surface area contributed by atoms with Crippen LogP contribution in [0.15, 0.2) is 0 Å². The van der Waals surface area contributed by atoms with Crippen LogP contribution < -0.4 is 11.1 Å². The van der Waals surface area contributed by atoms with Crippen LogP contribution in [0.5, 0.6) is 0 Å². The number of hydrogen-bond acceptors (Lipinski definition) is 2. The number of nitrogens with one attached hydrogen (secondary N) is 1. The van der Waals surface area contributed by atoms with Gasteiger partial charge in [0.15, 0.2) is 0 Å². The topological polar surface area (TPSA) is 55.1 Å². The molecule has 2 aliphatic rings. The quantitative estimate of drug-likeness (QED) is 0.747. The minimum Gasteiger partial charge on any atom is -0.353 e. The van der Waals surface area contributed by atoms with Crippen LogP contribution in [0.4, 0.5) is 0 Å². The van der Waals surface area contributed by atoms with Crippen molar-refractivity contribution in [3.05, 3.63) is 0 Å². The summed E-state index contributed by atoms with van der Waals surface area (Å²) in [7, 11) is 0. The fourth-order valence-electron chi connectivity index (χ4n) is 3.09. The molecule has 1 amide bonds. The summed E-state index contributed by atoms with van der Waals surface area (Å²) >= 11 is 0. The number of amides is 1. The largest absolute Gasteiger partial charge is 0.353 e. The standard InChI is InChI=1S/C13H24N2O/c1-13(2,3)12(16)15-11-6-9-4-8(7-14)5-10(9)11/h8-11H,4-7,14H2,1-3H3,(H,15,16). The van der Waals surface area contributed by atoms with Gasteiger partial charge >= 0.3 is 0 Å². The summed E-state index contributed by atoms with van der Waals surface area (Å²) in [6.07, 6.45) is 3.67. The Hall–Kier alpha value is -0.570. The average molecular weight is 224 g/mol. The smallest absolute Gasteiger partial charge is 0.225 e. The van der Waals surface area contributed by atoms with Crippen LogP contribution in [0.25, 0.3) is 0 Å². The van der Waals surface area contributed by atoms with Crippen molar-refractivity contribution >= 4 is 5.91 Å². The molecule has 2 fully saturated rings. The van der Waals surface area contributed by atoms with E-state index >= 15 is 0 Å². The first-order valence-electron chi connectivity index (χ1n) is 6.43. The Labute approximate surface area is 98.2 Å². The molecule has 0 spiro atoms. The lowest BCUT2D eigenvalue weighted by Gasteiger charge is -2.42. The van der Waals surface area contributed by atoms with Crippen LogP contribution in [0, 0.1) is 23.2 Å². The molecule has 3 N–H and O–H groups in total. The van der Waals surface area contributed by atoms with E-state index in [9.17, 15) is 4.79 Å². The van der Waals surface area contributed by atoms with E-state index < -0.39 is 0 Å². The lowest BCUT2D eigenvalue weighted by Crippen LogP contribution is -2.52. The van der Waals surface area contributed by atoms with Gasteiger partial charge in [-0.2, -0.15) is 0 Å². The van der Waals surface area contributed by atoms with Gasteiger partial charge < -0.3 is 11.1 Å². The lowest BCUT2D eigenvalue weighted by molar-refractivity contribution is -0.130. The minimum atomic E-state index is -0.267. The van der Waals surface area contributed by atoms with Crippen molar-refractivity contribution in [2.75, 3.05) is 6.54 Å². The van der Waals surface area contributed by atoms with Crippen molar-refractivity contribution in [2.45, 2.75) is 46.1 Å². The van der Waals surface area contributed by atoms with E-state index in [0.717, 1.165) is 12.5 Å². The molecule has 2 rings (SSSR count). The first kappa shape index (κ1) is 11.9. The SMILES string of the molecule is CC(C)(C)C(=O)NC1CC2CC(CN)CC21. The van der Waals surface area contributed by atoms with Crippen LogP contribution in [-0.2, 0) is 4.79 Å². The van der Waals surface area contributed by atoms with E-state index in [1.54, 1.807) is 0 Å². The summed E-state index contributed by atoms with van der Waals surface area (Å²) in [5.74, 6) is 2.43. The molecule has 92 valence electrons. The Kier molecular flexibility index (Phi) is 2.99. The maximum Gasteiger partial charge on any atom is 0.225 e. The highest BCUT2D eigenvalue weighted by Gasteiger charge is 2.48. The van der Waals surface area contributed by atoms with Gasteiger partial charge in [-0.3, -0.25) is 4.79 Å². The van der Waals surface area contributed by atoms with Crippen molar-refractivity contribution < 1.29 is 4.79 Å². The minimum absolute atomic E-state index is 0.187. The molecule has 0 bridgehead atoms. The van der Waals surface area contributed by atoms with E-state index in [1.165, 1.54) is 19.3 Å². The van der Waals surface area contributed by atoms with Crippen LogP contribution in [0.1, 0.15) is 40.0 Å². The summed E-state index contributed by atoms with van der Waals surface area (Å²) < 4.78 is 0. The van der Waals surface area contributed by atoms with Gasteiger partial charge in [-0.1, -0.05) is 20.8 Å². The first-order chi connectivity index (χ1) is 7.41. The summed E-state index contributed by atoms with van der Waals surface area (Å²) in [4.78, 5) is 11.9. The second kappa shape index (κ2) is 4.02. The van der Waals surface area contributed by atoms with Gasteiger partial charge in [0.2, 0.25) is 5.91 Å². The molecule has 0 aromatic carbocycles. The predicted molar refractivity (Wildman–Crippen MR) is 64.8 cm³/mol.